The van der Waals surface area contributed by atoms with Crippen LogP contribution in [-0.2, 0) is 19.3 Å². The third kappa shape index (κ3) is 2.46. The number of rotatable bonds is 2. The minimum atomic E-state index is -4.24. The summed E-state index contributed by atoms with van der Waals surface area (Å²) in [5.74, 6) is -1.05. The van der Waals surface area contributed by atoms with Gasteiger partial charge in [-0.3, -0.25) is 0 Å². The number of pyridine rings is 1. The smallest absolute Gasteiger partial charge is 0.399 e. The van der Waals surface area contributed by atoms with Crippen molar-refractivity contribution in [1.82, 2.24) is 4.98 Å². The zero-order valence-electron chi connectivity index (χ0n) is 11.7. The molecule has 0 unspecified atom stereocenters. The van der Waals surface area contributed by atoms with Crippen LogP contribution in [0.3, 0.4) is 0 Å². The zero-order chi connectivity index (χ0) is 15.3. The first kappa shape index (κ1) is 15.4. The van der Waals surface area contributed by atoms with Crippen molar-refractivity contribution in [3.8, 4) is 0 Å². The molecule has 1 aliphatic heterocycles. The molecule has 0 saturated carbocycles. The van der Waals surface area contributed by atoms with E-state index in [0.29, 0.717) is 0 Å². The molecular formula is C11H16BFN2O4S. The summed E-state index contributed by atoms with van der Waals surface area (Å²) in [6, 6.07) is 1.31. The van der Waals surface area contributed by atoms with Gasteiger partial charge in [0.25, 0.3) is 10.0 Å². The van der Waals surface area contributed by atoms with Crippen LogP contribution in [0.4, 0.5) is 4.39 Å². The summed E-state index contributed by atoms with van der Waals surface area (Å²) in [4.78, 5) is 3.46. The summed E-state index contributed by atoms with van der Waals surface area (Å²) in [5.41, 5.74) is -1.35. The molecule has 2 N–H and O–H groups in total. The predicted molar refractivity (Wildman–Crippen MR) is 71.3 cm³/mol. The van der Waals surface area contributed by atoms with Crippen molar-refractivity contribution < 1.29 is 22.1 Å². The van der Waals surface area contributed by atoms with Crippen LogP contribution in [-0.4, -0.2) is 31.7 Å². The molecule has 0 aromatic carbocycles. The van der Waals surface area contributed by atoms with Crippen LogP contribution in [0.15, 0.2) is 17.3 Å². The number of halogens is 1. The van der Waals surface area contributed by atoms with Gasteiger partial charge in [0.1, 0.15) is 0 Å². The number of hydrogen-bond donors (Lipinski definition) is 1. The Kier molecular flexibility index (Phi) is 3.45. The van der Waals surface area contributed by atoms with Gasteiger partial charge in [0.05, 0.1) is 11.2 Å². The Balaban J connectivity index is 2.47. The number of hydrogen-bond acceptors (Lipinski definition) is 5. The average Bonchev–Trinajstić information content (AvgIpc) is 2.46. The Labute approximate surface area is 117 Å². The highest BCUT2D eigenvalue weighted by Crippen LogP contribution is 2.36. The summed E-state index contributed by atoms with van der Waals surface area (Å²) in [6.45, 7) is 7.25. The summed E-state index contributed by atoms with van der Waals surface area (Å²) in [6.07, 6.45) is 1.16. The molecule has 0 atom stereocenters. The van der Waals surface area contributed by atoms with Gasteiger partial charge in [-0.1, -0.05) is 0 Å². The van der Waals surface area contributed by atoms with Gasteiger partial charge in [-0.25, -0.2) is 22.9 Å². The normalized spacial score (nSPS) is 21.2. The Hall–Kier alpha value is -1.03. The summed E-state index contributed by atoms with van der Waals surface area (Å²) >= 11 is 0. The number of nitrogens with zero attached hydrogens (tertiary/aromatic N) is 1. The fourth-order valence-electron chi connectivity index (χ4n) is 1.79. The van der Waals surface area contributed by atoms with Crippen molar-refractivity contribution in [2.24, 2.45) is 5.14 Å². The maximum absolute atomic E-state index is 14.2. The molecule has 0 radical (unpaired) electrons. The summed E-state index contributed by atoms with van der Waals surface area (Å²) in [7, 11) is -5.25. The van der Waals surface area contributed by atoms with Crippen LogP contribution >= 0.6 is 0 Å². The molecule has 6 nitrogen and oxygen atoms in total. The maximum Gasteiger partial charge on any atom is 0.498 e. The molecular weight excluding hydrogens is 286 g/mol. The third-order valence-electron chi connectivity index (χ3n) is 3.66. The summed E-state index contributed by atoms with van der Waals surface area (Å²) < 4.78 is 48.1. The molecule has 1 aromatic heterocycles. The van der Waals surface area contributed by atoms with Gasteiger partial charge in [0.15, 0.2) is 5.82 Å². The van der Waals surface area contributed by atoms with Gasteiger partial charge in [0.2, 0.25) is 5.03 Å². The SMILES string of the molecule is CC1(C)OB(c2ccnc(S(N)(=O)=O)c2F)OC1(C)C. The lowest BCUT2D eigenvalue weighted by Crippen LogP contribution is -2.41. The van der Waals surface area contributed by atoms with E-state index in [-0.39, 0.29) is 5.46 Å². The number of nitrogens with two attached hydrogens (primary N) is 1. The number of sulfonamides is 1. The van der Waals surface area contributed by atoms with Crippen molar-refractivity contribution in [3.05, 3.63) is 18.1 Å². The van der Waals surface area contributed by atoms with E-state index in [1.54, 1.807) is 0 Å². The van der Waals surface area contributed by atoms with Crippen molar-refractivity contribution in [1.29, 1.82) is 0 Å². The van der Waals surface area contributed by atoms with E-state index < -0.39 is 39.2 Å². The molecule has 0 bridgehead atoms. The summed E-state index contributed by atoms with van der Waals surface area (Å²) in [5, 5.41) is 4.10. The largest absolute Gasteiger partial charge is 0.498 e. The van der Waals surface area contributed by atoms with Crippen LogP contribution in [0.25, 0.3) is 0 Å². The van der Waals surface area contributed by atoms with Gasteiger partial charge in [-0.2, -0.15) is 0 Å². The predicted octanol–water partition coefficient (Wildman–Crippen LogP) is 0.167. The minimum Gasteiger partial charge on any atom is -0.399 e. The molecule has 0 amide bonds. The van der Waals surface area contributed by atoms with Crippen molar-refractivity contribution in [2.75, 3.05) is 0 Å². The van der Waals surface area contributed by atoms with Crippen molar-refractivity contribution >= 4 is 22.6 Å². The second-order valence-electron chi connectivity index (χ2n) is 5.65. The molecule has 1 fully saturated rings. The standard InChI is InChI=1S/C11H16BFN2O4S/c1-10(2)11(3,4)19-12(18-10)7-5-6-15-9(8(7)13)20(14,16)17/h5-6H,1-4H3,(H2,14,16,17). The van der Waals surface area contributed by atoms with Crippen molar-refractivity contribution in [3.63, 3.8) is 0 Å². The molecule has 9 heteroatoms. The average molecular weight is 302 g/mol. The minimum absolute atomic E-state index is 0.0392. The van der Waals surface area contributed by atoms with Crippen LogP contribution in [0.1, 0.15) is 27.7 Å². The molecule has 2 heterocycles. The van der Waals surface area contributed by atoms with Gasteiger partial charge in [-0.15, -0.1) is 0 Å². The fraction of sp³-hybridized carbons (Fsp3) is 0.545. The molecule has 110 valence electrons. The maximum atomic E-state index is 14.2. The molecule has 0 aliphatic carbocycles. The fourth-order valence-corrected chi connectivity index (χ4v) is 2.36. The molecule has 0 spiro atoms. The Morgan fingerprint density at radius 2 is 1.75 bits per heavy atom. The zero-order valence-corrected chi connectivity index (χ0v) is 12.5. The van der Waals surface area contributed by atoms with E-state index >= 15 is 0 Å². The first-order valence-corrected chi connectivity index (χ1v) is 7.53. The van der Waals surface area contributed by atoms with Gasteiger partial charge in [-0.05, 0) is 33.8 Å². The highest BCUT2D eigenvalue weighted by molar-refractivity contribution is 7.89. The first-order chi connectivity index (χ1) is 8.96. The van der Waals surface area contributed by atoms with Gasteiger partial charge >= 0.3 is 7.12 Å². The lowest BCUT2D eigenvalue weighted by molar-refractivity contribution is 0.00578. The molecule has 2 rings (SSSR count). The second-order valence-corrected chi connectivity index (χ2v) is 7.13. The quantitative estimate of drug-likeness (QED) is 0.786. The monoisotopic (exact) mass is 302 g/mol. The first-order valence-electron chi connectivity index (χ1n) is 5.98. The number of aromatic nitrogens is 1. The van der Waals surface area contributed by atoms with E-state index in [1.807, 2.05) is 27.7 Å². The number of primary sulfonamides is 1. The van der Waals surface area contributed by atoms with Crippen molar-refractivity contribution in [2.45, 2.75) is 43.9 Å². The highest BCUT2D eigenvalue weighted by atomic mass is 32.2. The molecule has 1 saturated heterocycles. The van der Waals surface area contributed by atoms with Crippen LogP contribution < -0.4 is 10.6 Å². The lowest BCUT2D eigenvalue weighted by atomic mass is 9.79. The Morgan fingerprint density at radius 3 is 2.20 bits per heavy atom. The van der Waals surface area contributed by atoms with Gasteiger partial charge in [0, 0.05) is 11.7 Å². The molecule has 20 heavy (non-hydrogen) atoms. The van der Waals surface area contributed by atoms with Crippen LogP contribution in [0, 0.1) is 5.82 Å². The van der Waals surface area contributed by atoms with Crippen LogP contribution in [0.5, 0.6) is 0 Å². The van der Waals surface area contributed by atoms with E-state index in [0.717, 1.165) is 6.20 Å². The van der Waals surface area contributed by atoms with Crippen LogP contribution in [0.2, 0.25) is 0 Å². The molecule has 1 aliphatic rings. The van der Waals surface area contributed by atoms with E-state index in [1.165, 1.54) is 6.07 Å². The topological polar surface area (TPSA) is 91.5 Å². The lowest BCUT2D eigenvalue weighted by Gasteiger charge is -2.32. The van der Waals surface area contributed by atoms with E-state index in [9.17, 15) is 12.8 Å². The Morgan fingerprint density at radius 1 is 1.25 bits per heavy atom. The Bertz CT molecular complexity index is 632. The highest BCUT2D eigenvalue weighted by Gasteiger charge is 2.52. The third-order valence-corrected chi connectivity index (χ3v) is 4.49. The van der Waals surface area contributed by atoms with E-state index in [2.05, 4.69) is 4.98 Å². The molecule has 1 aromatic rings. The van der Waals surface area contributed by atoms with E-state index in [4.69, 9.17) is 14.4 Å². The second kappa shape index (κ2) is 4.49. The van der Waals surface area contributed by atoms with Gasteiger partial charge < -0.3 is 9.31 Å².